The van der Waals surface area contributed by atoms with Crippen LogP contribution < -0.4 is 0 Å². The summed E-state index contributed by atoms with van der Waals surface area (Å²) >= 11 is 5.53. The average Bonchev–Trinajstić information content (AvgIpc) is 2.52. The maximum absolute atomic E-state index is 5.53. The largest absolute Gasteiger partial charge is 0.465 e. The van der Waals surface area contributed by atoms with Crippen LogP contribution in [0.5, 0.6) is 0 Å². The van der Waals surface area contributed by atoms with Gasteiger partial charge in [-0.25, -0.2) is 0 Å². The number of alkyl halides is 1. The fourth-order valence-corrected chi connectivity index (χ4v) is 0.984. The summed E-state index contributed by atoms with van der Waals surface area (Å²) in [6, 6.07) is 3.83. The minimum Gasteiger partial charge on any atom is -0.465 e. The summed E-state index contributed by atoms with van der Waals surface area (Å²) < 4.78 is 5.18. The molecule has 0 saturated carbocycles. The van der Waals surface area contributed by atoms with E-state index in [4.69, 9.17) is 16.0 Å². The monoisotopic (exact) mass is 170 g/mol. The molecule has 2 heteroatoms. The van der Waals surface area contributed by atoms with E-state index < -0.39 is 0 Å². The van der Waals surface area contributed by atoms with Crippen LogP contribution in [-0.4, -0.2) is 5.88 Å². The van der Waals surface area contributed by atoms with Crippen molar-refractivity contribution in [2.24, 2.45) is 0 Å². The van der Waals surface area contributed by atoms with E-state index in [2.05, 4.69) is 6.08 Å². The van der Waals surface area contributed by atoms with Gasteiger partial charge in [-0.2, -0.15) is 0 Å². The van der Waals surface area contributed by atoms with Crippen LogP contribution in [0.4, 0.5) is 0 Å². The molecule has 11 heavy (non-hydrogen) atoms. The minimum atomic E-state index is 0.665. The Kier molecular flexibility index (Phi) is 3.24. The molecule has 60 valence electrons. The lowest BCUT2D eigenvalue weighted by Crippen LogP contribution is -1.74. The fraction of sp³-hybridized carbons (Fsp3) is 0.333. The Hall–Kier alpha value is -0.690. The average molecular weight is 171 g/mol. The number of halogens is 1. The molecule has 1 aromatic rings. The summed E-state index contributed by atoms with van der Waals surface area (Å²) in [7, 11) is 0. The summed E-state index contributed by atoms with van der Waals surface area (Å²) in [5.41, 5.74) is 1.15. The highest BCUT2D eigenvalue weighted by Gasteiger charge is 1.95. The van der Waals surface area contributed by atoms with Crippen LogP contribution >= 0.6 is 11.6 Å². The highest BCUT2D eigenvalue weighted by Crippen LogP contribution is 2.14. The molecule has 0 aromatic carbocycles. The van der Waals surface area contributed by atoms with Gasteiger partial charge in [0, 0.05) is 5.88 Å². The first-order chi connectivity index (χ1) is 5.34. The number of hydrogen-bond donors (Lipinski definition) is 0. The second-order valence-electron chi connectivity index (χ2n) is 2.34. The number of furan rings is 1. The third-order valence-electron chi connectivity index (χ3n) is 1.47. The maximum atomic E-state index is 5.53. The van der Waals surface area contributed by atoms with Gasteiger partial charge in [0.1, 0.15) is 5.76 Å². The zero-order valence-electron chi connectivity index (χ0n) is 6.51. The van der Waals surface area contributed by atoms with E-state index in [0.717, 1.165) is 17.8 Å². The van der Waals surface area contributed by atoms with Gasteiger partial charge in [-0.1, -0.05) is 6.08 Å². The van der Waals surface area contributed by atoms with Crippen LogP contribution in [0.2, 0.25) is 0 Å². The normalized spacial score (nSPS) is 12.0. The van der Waals surface area contributed by atoms with Gasteiger partial charge in [0.25, 0.3) is 0 Å². The van der Waals surface area contributed by atoms with Crippen molar-refractivity contribution in [1.82, 2.24) is 0 Å². The molecule has 0 aliphatic heterocycles. The van der Waals surface area contributed by atoms with Crippen molar-refractivity contribution in [2.45, 2.75) is 13.3 Å². The summed E-state index contributed by atoms with van der Waals surface area (Å²) in [5.74, 6) is 1.59. The molecule has 0 aliphatic carbocycles. The van der Waals surface area contributed by atoms with E-state index in [1.807, 2.05) is 19.1 Å². The summed E-state index contributed by atoms with van der Waals surface area (Å²) in [4.78, 5) is 0. The van der Waals surface area contributed by atoms with Crippen molar-refractivity contribution < 1.29 is 4.42 Å². The van der Waals surface area contributed by atoms with Crippen LogP contribution in [0, 0.1) is 0 Å². The molecule has 0 fully saturated rings. The van der Waals surface area contributed by atoms with E-state index in [1.54, 1.807) is 6.26 Å². The topological polar surface area (TPSA) is 13.1 Å². The molecule has 0 spiro atoms. The molecular formula is C9H11ClO. The van der Waals surface area contributed by atoms with Crippen molar-refractivity contribution in [3.8, 4) is 0 Å². The molecule has 0 radical (unpaired) electrons. The lowest BCUT2D eigenvalue weighted by atomic mass is 10.2. The van der Waals surface area contributed by atoms with E-state index in [0.29, 0.717) is 5.88 Å². The molecule has 0 saturated heterocycles. The van der Waals surface area contributed by atoms with E-state index >= 15 is 0 Å². The zero-order valence-corrected chi connectivity index (χ0v) is 7.27. The fourth-order valence-electron chi connectivity index (χ4n) is 0.875. The van der Waals surface area contributed by atoms with Gasteiger partial charge in [0.2, 0.25) is 0 Å². The molecule has 1 rings (SSSR count). The second kappa shape index (κ2) is 4.24. The first-order valence-corrected chi connectivity index (χ1v) is 4.14. The Balaban J connectivity index is 2.62. The van der Waals surface area contributed by atoms with Gasteiger partial charge >= 0.3 is 0 Å². The van der Waals surface area contributed by atoms with Crippen LogP contribution in [0.15, 0.2) is 28.9 Å². The zero-order chi connectivity index (χ0) is 8.10. The molecular weight excluding hydrogens is 160 g/mol. The molecule has 1 aromatic heterocycles. The van der Waals surface area contributed by atoms with Gasteiger partial charge in [-0.15, -0.1) is 11.6 Å². The first kappa shape index (κ1) is 8.41. The highest BCUT2D eigenvalue weighted by molar-refractivity contribution is 6.17. The standard InChI is InChI=1S/C9H11ClO/c1-8(4-2-6-10)9-5-3-7-11-9/h3-5,7H,2,6H2,1H3. The van der Waals surface area contributed by atoms with Gasteiger partial charge in [0.05, 0.1) is 6.26 Å². The summed E-state index contributed by atoms with van der Waals surface area (Å²) in [5, 5.41) is 0. The van der Waals surface area contributed by atoms with Gasteiger partial charge < -0.3 is 4.42 Å². The second-order valence-corrected chi connectivity index (χ2v) is 2.72. The molecule has 0 amide bonds. The Morgan fingerprint density at radius 1 is 1.73 bits per heavy atom. The molecule has 0 unspecified atom stereocenters. The Morgan fingerprint density at radius 3 is 3.09 bits per heavy atom. The van der Waals surface area contributed by atoms with E-state index in [9.17, 15) is 0 Å². The highest BCUT2D eigenvalue weighted by atomic mass is 35.5. The molecule has 0 atom stereocenters. The number of allylic oxidation sites excluding steroid dienone is 2. The summed E-state index contributed by atoms with van der Waals surface area (Å²) in [6.45, 7) is 2.02. The van der Waals surface area contributed by atoms with Gasteiger partial charge in [0.15, 0.2) is 0 Å². The SMILES string of the molecule is CC(=CCCCl)c1ccco1. The van der Waals surface area contributed by atoms with Gasteiger partial charge in [-0.3, -0.25) is 0 Å². The molecule has 0 N–H and O–H groups in total. The molecule has 0 bridgehead atoms. The van der Waals surface area contributed by atoms with Crippen molar-refractivity contribution in [3.63, 3.8) is 0 Å². The molecule has 1 heterocycles. The van der Waals surface area contributed by atoms with Crippen molar-refractivity contribution in [2.75, 3.05) is 5.88 Å². The quantitative estimate of drug-likeness (QED) is 0.635. The third-order valence-corrected chi connectivity index (χ3v) is 1.69. The van der Waals surface area contributed by atoms with Crippen LogP contribution in [0.3, 0.4) is 0 Å². The lowest BCUT2D eigenvalue weighted by molar-refractivity contribution is 0.552. The summed E-state index contributed by atoms with van der Waals surface area (Å²) in [6.07, 6.45) is 4.65. The Morgan fingerprint density at radius 2 is 2.55 bits per heavy atom. The van der Waals surface area contributed by atoms with Crippen LogP contribution in [0.1, 0.15) is 19.1 Å². The van der Waals surface area contributed by atoms with Crippen molar-refractivity contribution in [1.29, 1.82) is 0 Å². The van der Waals surface area contributed by atoms with Crippen LogP contribution in [-0.2, 0) is 0 Å². The van der Waals surface area contributed by atoms with E-state index in [1.165, 1.54) is 0 Å². The van der Waals surface area contributed by atoms with Gasteiger partial charge in [-0.05, 0) is 31.1 Å². The lowest BCUT2D eigenvalue weighted by Gasteiger charge is -1.93. The van der Waals surface area contributed by atoms with Crippen LogP contribution in [0.25, 0.3) is 5.57 Å². The smallest absolute Gasteiger partial charge is 0.129 e. The maximum Gasteiger partial charge on any atom is 0.129 e. The predicted molar refractivity (Wildman–Crippen MR) is 47.7 cm³/mol. The molecule has 1 nitrogen and oxygen atoms in total. The third kappa shape index (κ3) is 2.43. The number of hydrogen-bond acceptors (Lipinski definition) is 1. The molecule has 0 aliphatic rings. The van der Waals surface area contributed by atoms with Crippen molar-refractivity contribution >= 4 is 17.2 Å². The Bertz CT molecular complexity index is 224. The van der Waals surface area contributed by atoms with E-state index in [-0.39, 0.29) is 0 Å². The number of rotatable bonds is 3. The predicted octanol–water partition coefficient (Wildman–Crippen LogP) is 3.31. The first-order valence-electron chi connectivity index (χ1n) is 3.61. The van der Waals surface area contributed by atoms with Crippen molar-refractivity contribution in [3.05, 3.63) is 30.2 Å². The Labute approximate surface area is 71.7 Å². The minimum absolute atomic E-state index is 0.665.